The summed E-state index contributed by atoms with van der Waals surface area (Å²) in [6.07, 6.45) is 13.0. The Hall–Kier alpha value is -0.260. The molecule has 0 radical (unpaired) electrons. The van der Waals surface area contributed by atoms with Crippen LogP contribution in [-0.2, 0) is 0 Å². The van der Waals surface area contributed by atoms with Gasteiger partial charge in [0.25, 0.3) is 0 Å². The minimum atomic E-state index is 0.993. The molecule has 74 valence electrons. The highest BCUT2D eigenvalue weighted by Gasteiger charge is 2.16. The molecule has 0 aromatic rings. The maximum absolute atomic E-state index is 2.41. The van der Waals surface area contributed by atoms with E-state index in [1.165, 1.54) is 57.8 Å². The van der Waals surface area contributed by atoms with E-state index in [2.05, 4.69) is 6.92 Å². The second kappa shape index (κ2) is 4.30. The standard InChI is InChI=1S/C13H22/c1-11-7-9-13(10-8-11)12-5-3-2-4-6-12/h11H,2-10H2,1H3. The van der Waals surface area contributed by atoms with Crippen LogP contribution in [0, 0.1) is 5.92 Å². The molecule has 0 saturated heterocycles. The largest absolute Gasteiger partial charge is 0.0710 e. The lowest BCUT2D eigenvalue weighted by molar-refractivity contribution is 0.435. The Bertz CT molecular complexity index is 182. The van der Waals surface area contributed by atoms with E-state index in [1.54, 1.807) is 0 Å². The highest BCUT2D eigenvalue weighted by molar-refractivity contribution is 5.17. The fraction of sp³-hybridized carbons (Fsp3) is 0.846. The molecule has 2 aliphatic carbocycles. The second-order valence-corrected chi connectivity index (χ2v) is 4.95. The fourth-order valence-electron chi connectivity index (χ4n) is 2.80. The van der Waals surface area contributed by atoms with Crippen molar-refractivity contribution in [1.82, 2.24) is 0 Å². The van der Waals surface area contributed by atoms with Crippen LogP contribution >= 0.6 is 0 Å². The number of allylic oxidation sites excluding steroid dienone is 2. The van der Waals surface area contributed by atoms with Gasteiger partial charge in [-0.3, -0.25) is 0 Å². The topological polar surface area (TPSA) is 0 Å². The summed E-state index contributed by atoms with van der Waals surface area (Å²) in [6, 6.07) is 0. The lowest BCUT2D eigenvalue weighted by Gasteiger charge is -2.25. The van der Waals surface area contributed by atoms with Gasteiger partial charge in [0, 0.05) is 0 Å². The number of rotatable bonds is 0. The maximum Gasteiger partial charge on any atom is -0.0315 e. The normalized spacial score (nSPS) is 30.7. The maximum atomic E-state index is 2.41. The summed E-state index contributed by atoms with van der Waals surface area (Å²) in [5.41, 5.74) is 3.72. The fourth-order valence-corrected chi connectivity index (χ4v) is 2.80. The minimum absolute atomic E-state index is 0.993. The van der Waals surface area contributed by atoms with Crippen molar-refractivity contribution >= 4 is 0 Å². The Morgan fingerprint density at radius 2 is 1.31 bits per heavy atom. The van der Waals surface area contributed by atoms with Gasteiger partial charge >= 0.3 is 0 Å². The van der Waals surface area contributed by atoms with E-state index >= 15 is 0 Å². The van der Waals surface area contributed by atoms with E-state index in [9.17, 15) is 0 Å². The molecule has 0 bridgehead atoms. The summed E-state index contributed by atoms with van der Waals surface area (Å²) >= 11 is 0. The SMILES string of the molecule is CC1CCC(=C2CCCCC2)CC1. The van der Waals surface area contributed by atoms with Crippen LogP contribution in [0.2, 0.25) is 0 Å². The highest BCUT2D eigenvalue weighted by atomic mass is 14.2. The van der Waals surface area contributed by atoms with Crippen LogP contribution in [0.4, 0.5) is 0 Å². The zero-order valence-corrected chi connectivity index (χ0v) is 8.94. The summed E-state index contributed by atoms with van der Waals surface area (Å²) in [6.45, 7) is 2.41. The number of hydrogen-bond donors (Lipinski definition) is 0. The highest BCUT2D eigenvalue weighted by Crippen LogP contribution is 2.35. The van der Waals surface area contributed by atoms with Gasteiger partial charge in [0.15, 0.2) is 0 Å². The Kier molecular flexibility index (Phi) is 3.08. The van der Waals surface area contributed by atoms with Crippen molar-refractivity contribution in [3.05, 3.63) is 11.1 Å². The van der Waals surface area contributed by atoms with E-state index < -0.39 is 0 Å². The van der Waals surface area contributed by atoms with Crippen molar-refractivity contribution in [2.45, 2.75) is 64.7 Å². The van der Waals surface area contributed by atoms with Crippen LogP contribution in [0.5, 0.6) is 0 Å². The van der Waals surface area contributed by atoms with Gasteiger partial charge < -0.3 is 0 Å². The van der Waals surface area contributed by atoms with Gasteiger partial charge in [-0.2, -0.15) is 0 Å². The minimum Gasteiger partial charge on any atom is -0.0710 e. The Labute approximate surface area is 82.4 Å². The first-order valence-corrected chi connectivity index (χ1v) is 6.06. The third-order valence-electron chi connectivity index (χ3n) is 3.83. The van der Waals surface area contributed by atoms with Crippen LogP contribution in [0.1, 0.15) is 64.7 Å². The van der Waals surface area contributed by atoms with Gasteiger partial charge in [-0.15, -0.1) is 0 Å². The summed E-state index contributed by atoms with van der Waals surface area (Å²) in [4.78, 5) is 0. The smallest absolute Gasteiger partial charge is 0.0315 e. The Morgan fingerprint density at radius 1 is 0.769 bits per heavy atom. The average molecular weight is 178 g/mol. The molecule has 0 unspecified atom stereocenters. The predicted octanol–water partition coefficient (Wildman–Crippen LogP) is 4.46. The van der Waals surface area contributed by atoms with Gasteiger partial charge in [-0.25, -0.2) is 0 Å². The van der Waals surface area contributed by atoms with Gasteiger partial charge in [-0.05, 0) is 57.3 Å². The third kappa shape index (κ3) is 2.36. The molecule has 0 heteroatoms. The molecular formula is C13H22. The Balaban J connectivity index is 1.97. The van der Waals surface area contributed by atoms with Crippen molar-refractivity contribution < 1.29 is 0 Å². The molecule has 0 spiro atoms. The van der Waals surface area contributed by atoms with E-state index in [-0.39, 0.29) is 0 Å². The molecule has 0 nitrogen and oxygen atoms in total. The monoisotopic (exact) mass is 178 g/mol. The molecule has 0 amide bonds. The first kappa shape index (κ1) is 9.30. The van der Waals surface area contributed by atoms with Crippen LogP contribution < -0.4 is 0 Å². The van der Waals surface area contributed by atoms with E-state index in [4.69, 9.17) is 0 Å². The van der Waals surface area contributed by atoms with Crippen molar-refractivity contribution in [2.24, 2.45) is 5.92 Å². The third-order valence-corrected chi connectivity index (χ3v) is 3.83. The summed E-state index contributed by atoms with van der Waals surface area (Å²) < 4.78 is 0. The van der Waals surface area contributed by atoms with Gasteiger partial charge in [0.2, 0.25) is 0 Å². The molecule has 0 atom stereocenters. The van der Waals surface area contributed by atoms with Gasteiger partial charge in [-0.1, -0.05) is 24.5 Å². The van der Waals surface area contributed by atoms with Gasteiger partial charge in [0.1, 0.15) is 0 Å². The average Bonchev–Trinajstić information content (AvgIpc) is 2.20. The Morgan fingerprint density at radius 3 is 1.92 bits per heavy atom. The molecule has 2 aliphatic rings. The van der Waals surface area contributed by atoms with Crippen molar-refractivity contribution in [3.8, 4) is 0 Å². The summed E-state index contributed by atoms with van der Waals surface area (Å²) in [7, 11) is 0. The lowest BCUT2D eigenvalue weighted by Crippen LogP contribution is -2.07. The predicted molar refractivity (Wildman–Crippen MR) is 57.7 cm³/mol. The molecule has 13 heavy (non-hydrogen) atoms. The van der Waals surface area contributed by atoms with Gasteiger partial charge in [0.05, 0.1) is 0 Å². The van der Waals surface area contributed by atoms with Crippen LogP contribution in [0.3, 0.4) is 0 Å². The van der Waals surface area contributed by atoms with Crippen molar-refractivity contribution in [2.75, 3.05) is 0 Å². The lowest BCUT2D eigenvalue weighted by atomic mass is 9.81. The van der Waals surface area contributed by atoms with E-state index in [1.807, 2.05) is 11.1 Å². The van der Waals surface area contributed by atoms with Crippen molar-refractivity contribution in [3.63, 3.8) is 0 Å². The van der Waals surface area contributed by atoms with Crippen LogP contribution in [-0.4, -0.2) is 0 Å². The molecule has 0 aliphatic heterocycles. The molecule has 2 rings (SSSR count). The molecule has 0 aromatic heterocycles. The molecule has 0 aromatic carbocycles. The molecule has 0 heterocycles. The first-order chi connectivity index (χ1) is 6.36. The van der Waals surface area contributed by atoms with Crippen LogP contribution in [0.25, 0.3) is 0 Å². The molecule has 2 fully saturated rings. The van der Waals surface area contributed by atoms with E-state index in [0.29, 0.717) is 0 Å². The molecular weight excluding hydrogens is 156 g/mol. The number of hydrogen-bond acceptors (Lipinski definition) is 0. The summed E-state index contributed by atoms with van der Waals surface area (Å²) in [5.74, 6) is 0.993. The van der Waals surface area contributed by atoms with Crippen LogP contribution in [0.15, 0.2) is 11.1 Å². The molecule has 2 saturated carbocycles. The van der Waals surface area contributed by atoms with Crippen molar-refractivity contribution in [1.29, 1.82) is 0 Å². The zero-order chi connectivity index (χ0) is 9.10. The quantitative estimate of drug-likeness (QED) is 0.480. The second-order valence-electron chi connectivity index (χ2n) is 4.95. The molecule has 0 N–H and O–H groups in total. The zero-order valence-electron chi connectivity index (χ0n) is 8.94. The first-order valence-electron chi connectivity index (χ1n) is 6.06. The van der Waals surface area contributed by atoms with E-state index in [0.717, 1.165) is 5.92 Å². The summed E-state index contributed by atoms with van der Waals surface area (Å²) in [5, 5.41) is 0.